The molecule has 0 aliphatic carbocycles. The Balaban J connectivity index is 0.000000782. The van der Waals surface area contributed by atoms with E-state index in [-0.39, 0.29) is 11.9 Å². The van der Waals surface area contributed by atoms with E-state index in [1.165, 1.54) is 6.08 Å². The van der Waals surface area contributed by atoms with Crippen LogP contribution >= 0.6 is 0 Å². The number of H-pyrrole nitrogens is 1. The Kier molecular flexibility index (Phi) is 9.84. The maximum Gasteiger partial charge on any atom is 0.259 e. The molecule has 0 saturated heterocycles. The van der Waals surface area contributed by atoms with Gasteiger partial charge in [0.1, 0.15) is 12.1 Å². The summed E-state index contributed by atoms with van der Waals surface area (Å²) in [7, 11) is 3.76. The third-order valence-corrected chi connectivity index (χ3v) is 7.12. The molecule has 1 aliphatic heterocycles. The summed E-state index contributed by atoms with van der Waals surface area (Å²) in [5.74, 6) is 0.470. The molecule has 0 bridgehead atoms. The van der Waals surface area contributed by atoms with Crippen LogP contribution in [0, 0.1) is 6.92 Å². The highest BCUT2D eigenvalue weighted by Gasteiger charge is 2.31. The van der Waals surface area contributed by atoms with Crippen molar-refractivity contribution >= 4 is 46.6 Å². The SMILES string of the molecule is CN/C(C)=C\C(N)=N/c1ncc(C)c(-c2c[nH]c3c(N4Cc5c(/C=C/C=O)cccc5C4=O)cccc23)n1.CNC(C)C. The van der Waals surface area contributed by atoms with E-state index in [0.717, 1.165) is 56.5 Å². The molecule has 5 rings (SSSR count). The van der Waals surface area contributed by atoms with Gasteiger partial charge in [0.05, 0.1) is 23.4 Å². The van der Waals surface area contributed by atoms with E-state index in [0.29, 0.717) is 24.0 Å². The van der Waals surface area contributed by atoms with Crippen LogP contribution in [0.1, 0.15) is 47.8 Å². The number of nitrogens with zero attached hydrogens (tertiary/aromatic N) is 4. The van der Waals surface area contributed by atoms with Gasteiger partial charge in [0.25, 0.3) is 11.9 Å². The molecule has 2 aromatic carbocycles. The lowest BCUT2D eigenvalue weighted by molar-refractivity contribution is -0.104. The minimum atomic E-state index is -0.0831. The van der Waals surface area contributed by atoms with Gasteiger partial charge in [-0.2, -0.15) is 4.99 Å². The number of nitrogens with two attached hydrogens (primary N) is 1. The molecule has 4 aromatic rings. The average Bonchev–Trinajstić information content (AvgIpc) is 3.58. The molecule has 0 saturated carbocycles. The summed E-state index contributed by atoms with van der Waals surface area (Å²) in [5, 5.41) is 6.95. The van der Waals surface area contributed by atoms with E-state index in [2.05, 4.69) is 44.4 Å². The fraction of sp³-hybridized carbons (Fsp3) is 0.242. The van der Waals surface area contributed by atoms with Gasteiger partial charge in [-0.3, -0.25) is 9.59 Å². The Labute approximate surface area is 251 Å². The molecule has 222 valence electrons. The van der Waals surface area contributed by atoms with Gasteiger partial charge in [-0.25, -0.2) is 9.97 Å². The number of amides is 1. The zero-order chi connectivity index (χ0) is 31.1. The molecule has 43 heavy (non-hydrogen) atoms. The molecular weight excluding hydrogens is 540 g/mol. The number of hydrogen-bond donors (Lipinski definition) is 4. The summed E-state index contributed by atoms with van der Waals surface area (Å²) in [6, 6.07) is 12.0. The zero-order valence-electron chi connectivity index (χ0n) is 25.4. The van der Waals surface area contributed by atoms with Gasteiger partial charge in [0.2, 0.25) is 0 Å². The molecule has 1 aliphatic rings. The smallest absolute Gasteiger partial charge is 0.259 e. The Morgan fingerprint density at radius 2 is 1.91 bits per heavy atom. The number of aliphatic imine (C=N–C) groups is 1. The molecule has 0 fully saturated rings. The number of hydrogen-bond acceptors (Lipinski definition) is 7. The highest BCUT2D eigenvalue weighted by molar-refractivity contribution is 6.15. The summed E-state index contributed by atoms with van der Waals surface area (Å²) in [6.07, 6.45) is 9.23. The number of carbonyl (C=O) groups is 2. The van der Waals surface area contributed by atoms with Crippen LogP contribution in [0.2, 0.25) is 0 Å². The number of aromatic nitrogens is 3. The fourth-order valence-corrected chi connectivity index (χ4v) is 4.61. The van der Waals surface area contributed by atoms with Gasteiger partial charge in [0, 0.05) is 47.7 Å². The van der Waals surface area contributed by atoms with Crippen molar-refractivity contribution in [3.05, 3.63) is 88.9 Å². The Morgan fingerprint density at radius 3 is 2.60 bits per heavy atom. The molecule has 0 spiro atoms. The van der Waals surface area contributed by atoms with Crippen molar-refractivity contribution in [1.29, 1.82) is 0 Å². The van der Waals surface area contributed by atoms with Crippen molar-refractivity contribution < 1.29 is 9.59 Å². The number of aromatic amines is 1. The lowest BCUT2D eigenvalue weighted by Gasteiger charge is -2.17. The summed E-state index contributed by atoms with van der Waals surface area (Å²) in [6.45, 7) is 8.46. The van der Waals surface area contributed by atoms with Gasteiger partial charge in [0.15, 0.2) is 0 Å². The van der Waals surface area contributed by atoms with E-state index in [1.807, 2.05) is 70.5 Å². The molecule has 10 heteroatoms. The molecule has 5 N–H and O–H groups in total. The number of aldehydes is 1. The van der Waals surface area contributed by atoms with Gasteiger partial charge < -0.3 is 26.3 Å². The second-order valence-electron chi connectivity index (χ2n) is 10.4. The van der Waals surface area contributed by atoms with E-state index >= 15 is 0 Å². The van der Waals surface area contributed by atoms with E-state index in [4.69, 9.17) is 5.73 Å². The number of rotatable bonds is 8. The number of fused-ring (bicyclic) bond motifs is 2. The molecular formula is C33H38N8O2. The van der Waals surface area contributed by atoms with Gasteiger partial charge in [-0.1, -0.05) is 44.2 Å². The van der Waals surface area contributed by atoms with Crippen LogP contribution in [-0.2, 0) is 11.3 Å². The van der Waals surface area contributed by atoms with Crippen molar-refractivity contribution in [3.8, 4) is 11.3 Å². The van der Waals surface area contributed by atoms with Crippen molar-refractivity contribution in [2.45, 2.75) is 40.3 Å². The van der Waals surface area contributed by atoms with Crippen molar-refractivity contribution in [1.82, 2.24) is 25.6 Å². The Bertz CT molecular complexity index is 1730. The predicted molar refractivity (Wildman–Crippen MR) is 174 cm³/mol. The summed E-state index contributed by atoms with van der Waals surface area (Å²) in [4.78, 5) is 42.7. The summed E-state index contributed by atoms with van der Waals surface area (Å²) >= 11 is 0. The molecule has 0 atom stereocenters. The predicted octanol–water partition coefficient (Wildman–Crippen LogP) is 5.03. The lowest BCUT2D eigenvalue weighted by Crippen LogP contribution is -2.23. The second kappa shape index (κ2) is 13.7. The van der Waals surface area contributed by atoms with Crippen molar-refractivity contribution in [3.63, 3.8) is 0 Å². The normalized spacial score (nSPS) is 13.5. The van der Waals surface area contributed by atoms with Gasteiger partial charge in [-0.05, 0) is 61.9 Å². The molecule has 10 nitrogen and oxygen atoms in total. The standard InChI is InChI=1S/C29H27N7O2.C4H11N/c1-17-14-33-29(34-25(30)13-18(2)31-3)35-26(17)22-15-32-27-20(22)9-5-11-24(27)36-16-23-19(8-6-12-37)7-4-10-21(23)28(36)38;1-4(2)5-3/h4-15,31-32H,16H2,1-3H3,(H2,30,33,34,35);4-5H,1-3H3/b8-6+,18-13-;. The van der Waals surface area contributed by atoms with Crippen molar-refractivity contribution in [2.24, 2.45) is 10.7 Å². The number of anilines is 1. The van der Waals surface area contributed by atoms with Crippen LogP contribution in [0.25, 0.3) is 28.2 Å². The summed E-state index contributed by atoms with van der Waals surface area (Å²) in [5.41, 5.74) is 13.4. The average molecular weight is 579 g/mol. The molecule has 0 unspecified atom stereocenters. The third kappa shape index (κ3) is 6.87. The van der Waals surface area contributed by atoms with Gasteiger partial charge in [-0.15, -0.1) is 0 Å². The Hall–Kier alpha value is -5.09. The number of allylic oxidation sites excluding steroid dienone is 2. The first-order valence-electron chi connectivity index (χ1n) is 14.1. The number of carbonyl (C=O) groups excluding carboxylic acids is 2. The minimum Gasteiger partial charge on any atom is -0.392 e. The number of nitrogens with one attached hydrogen (secondary N) is 3. The van der Waals surface area contributed by atoms with E-state index < -0.39 is 0 Å². The van der Waals surface area contributed by atoms with Crippen LogP contribution in [-0.4, -0.2) is 53.1 Å². The summed E-state index contributed by atoms with van der Waals surface area (Å²) < 4.78 is 0. The van der Waals surface area contributed by atoms with Crippen LogP contribution in [0.5, 0.6) is 0 Å². The van der Waals surface area contributed by atoms with E-state index in [9.17, 15) is 9.59 Å². The maximum atomic E-state index is 13.4. The first-order valence-corrected chi connectivity index (χ1v) is 14.1. The fourth-order valence-electron chi connectivity index (χ4n) is 4.61. The van der Waals surface area contributed by atoms with Crippen LogP contribution in [0.4, 0.5) is 11.6 Å². The number of benzene rings is 2. The quantitative estimate of drug-likeness (QED) is 0.0994. The first-order chi connectivity index (χ1) is 20.7. The van der Waals surface area contributed by atoms with Crippen molar-refractivity contribution in [2.75, 3.05) is 19.0 Å². The Morgan fingerprint density at radius 1 is 1.16 bits per heavy atom. The van der Waals surface area contributed by atoms with Crippen LogP contribution in [0.3, 0.4) is 0 Å². The first kappa shape index (κ1) is 30.9. The largest absolute Gasteiger partial charge is 0.392 e. The second-order valence-corrected chi connectivity index (χ2v) is 10.4. The number of amidine groups is 1. The number of aryl methyl sites for hydroxylation is 1. The minimum absolute atomic E-state index is 0.0831. The lowest BCUT2D eigenvalue weighted by atomic mass is 10.0. The maximum absolute atomic E-state index is 13.4. The van der Waals surface area contributed by atoms with E-state index in [1.54, 1.807) is 23.2 Å². The highest BCUT2D eigenvalue weighted by Crippen LogP contribution is 2.38. The van der Waals surface area contributed by atoms with Crippen LogP contribution in [0.15, 0.2) is 71.6 Å². The molecule has 2 aromatic heterocycles. The number of para-hydroxylation sites is 1. The van der Waals surface area contributed by atoms with Crippen LogP contribution < -0.4 is 21.3 Å². The topological polar surface area (TPSA) is 141 Å². The highest BCUT2D eigenvalue weighted by atomic mass is 16.2. The third-order valence-electron chi connectivity index (χ3n) is 7.12. The molecule has 0 radical (unpaired) electrons. The monoisotopic (exact) mass is 578 g/mol. The molecule has 1 amide bonds. The molecule has 3 heterocycles. The van der Waals surface area contributed by atoms with Gasteiger partial charge >= 0.3 is 0 Å². The zero-order valence-corrected chi connectivity index (χ0v) is 25.4.